The van der Waals surface area contributed by atoms with E-state index in [0.29, 0.717) is 18.8 Å². The molecule has 0 spiro atoms. The van der Waals surface area contributed by atoms with Crippen molar-refractivity contribution in [3.8, 4) is 0 Å². The number of pyridine rings is 1. The van der Waals surface area contributed by atoms with Crippen LogP contribution in [0.3, 0.4) is 0 Å². The molecule has 5 nitrogen and oxygen atoms in total. The summed E-state index contributed by atoms with van der Waals surface area (Å²) in [7, 11) is 0. The molecule has 0 aromatic carbocycles. The summed E-state index contributed by atoms with van der Waals surface area (Å²) in [6, 6.07) is 5.78. The molecule has 0 unspecified atom stereocenters. The van der Waals surface area contributed by atoms with E-state index in [0.717, 1.165) is 12.1 Å². The van der Waals surface area contributed by atoms with Crippen molar-refractivity contribution in [1.82, 2.24) is 14.8 Å². The van der Waals surface area contributed by atoms with Crippen molar-refractivity contribution in [3.63, 3.8) is 0 Å². The van der Waals surface area contributed by atoms with Crippen molar-refractivity contribution in [2.75, 3.05) is 11.9 Å². The van der Waals surface area contributed by atoms with Gasteiger partial charge in [-0.15, -0.1) is 0 Å². The van der Waals surface area contributed by atoms with E-state index in [1.165, 1.54) is 4.68 Å². The molecule has 0 amide bonds. The van der Waals surface area contributed by atoms with E-state index >= 15 is 0 Å². The second-order valence-corrected chi connectivity index (χ2v) is 4.37. The van der Waals surface area contributed by atoms with E-state index in [1.807, 2.05) is 25.1 Å². The lowest BCUT2D eigenvalue weighted by Gasteiger charge is -2.09. The normalized spacial score (nSPS) is 10.4. The zero-order valence-corrected chi connectivity index (χ0v) is 11.4. The number of rotatable bonds is 5. The maximum Gasteiger partial charge on any atom is 0.287 e. The highest BCUT2D eigenvalue weighted by molar-refractivity contribution is 6.32. The quantitative estimate of drug-likeness (QED) is 0.908. The number of halogens is 1. The fourth-order valence-electron chi connectivity index (χ4n) is 1.68. The largest absolute Gasteiger partial charge is 0.382 e. The van der Waals surface area contributed by atoms with Crippen LogP contribution < -0.4 is 10.9 Å². The van der Waals surface area contributed by atoms with E-state index < -0.39 is 0 Å². The molecule has 0 saturated heterocycles. The fraction of sp³-hybridized carbons (Fsp3) is 0.308. The Labute approximate surface area is 116 Å². The molecule has 0 aliphatic heterocycles. The van der Waals surface area contributed by atoms with Crippen LogP contribution in [0.1, 0.15) is 12.6 Å². The predicted molar refractivity (Wildman–Crippen MR) is 75.6 cm³/mol. The molecule has 100 valence electrons. The number of hydrogen-bond donors (Lipinski definition) is 1. The maximum atomic E-state index is 11.8. The number of aryl methyl sites for hydroxylation is 1. The van der Waals surface area contributed by atoms with Crippen molar-refractivity contribution in [2.45, 2.75) is 19.9 Å². The third-order valence-corrected chi connectivity index (χ3v) is 3.07. The Morgan fingerprint density at radius 3 is 2.95 bits per heavy atom. The molecule has 1 N–H and O–H groups in total. The Balaban J connectivity index is 2.01. The fourth-order valence-corrected chi connectivity index (χ4v) is 1.90. The maximum absolute atomic E-state index is 11.8. The second kappa shape index (κ2) is 6.33. The molecule has 2 aromatic heterocycles. The highest BCUT2D eigenvalue weighted by Crippen LogP contribution is 2.14. The van der Waals surface area contributed by atoms with Gasteiger partial charge in [-0.3, -0.25) is 9.78 Å². The molecule has 0 atom stereocenters. The molecule has 6 heteroatoms. The van der Waals surface area contributed by atoms with Crippen LogP contribution in [0.5, 0.6) is 0 Å². The number of nitrogens with zero attached hydrogens (tertiary/aromatic N) is 3. The summed E-state index contributed by atoms with van der Waals surface area (Å²) in [5, 5.41) is 7.31. The molecule has 2 heterocycles. The van der Waals surface area contributed by atoms with E-state index in [9.17, 15) is 4.79 Å². The smallest absolute Gasteiger partial charge is 0.287 e. The van der Waals surface area contributed by atoms with Gasteiger partial charge in [0.15, 0.2) is 0 Å². The number of hydrogen-bond acceptors (Lipinski definition) is 4. The van der Waals surface area contributed by atoms with E-state index in [-0.39, 0.29) is 10.6 Å². The monoisotopic (exact) mass is 278 g/mol. The summed E-state index contributed by atoms with van der Waals surface area (Å²) >= 11 is 6.01. The van der Waals surface area contributed by atoms with Crippen molar-refractivity contribution in [2.24, 2.45) is 0 Å². The summed E-state index contributed by atoms with van der Waals surface area (Å²) in [4.78, 5) is 16.0. The zero-order valence-electron chi connectivity index (χ0n) is 10.6. The molecule has 0 aliphatic rings. The van der Waals surface area contributed by atoms with E-state index in [4.69, 9.17) is 11.6 Å². The van der Waals surface area contributed by atoms with Gasteiger partial charge >= 0.3 is 0 Å². The van der Waals surface area contributed by atoms with Gasteiger partial charge in [0.25, 0.3) is 5.56 Å². The van der Waals surface area contributed by atoms with Crippen LogP contribution >= 0.6 is 11.6 Å². The highest BCUT2D eigenvalue weighted by atomic mass is 35.5. The first-order valence-electron chi connectivity index (χ1n) is 6.11. The van der Waals surface area contributed by atoms with Crippen molar-refractivity contribution in [1.29, 1.82) is 0 Å². The van der Waals surface area contributed by atoms with Gasteiger partial charge in [0.2, 0.25) is 0 Å². The van der Waals surface area contributed by atoms with E-state index in [2.05, 4.69) is 15.4 Å². The molecular formula is C13H15ClN4O. The van der Waals surface area contributed by atoms with Crippen LogP contribution in [-0.2, 0) is 13.0 Å². The number of nitrogens with one attached hydrogen (secondary N) is 1. The Bertz CT molecular complexity index is 597. The lowest BCUT2D eigenvalue weighted by atomic mass is 10.2. The molecule has 0 saturated carbocycles. The van der Waals surface area contributed by atoms with Crippen LogP contribution in [-0.4, -0.2) is 21.3 Å². The van der Waals surface area contributed by atoms with Crippen LogP contribution in [0, 0.1) is 0 Å². The zero-order chi connectivity index (χ0) is 13.7. The molecule has 19 heavy (non-hydrogen) atoms. The van der Waals surface area contributed by atoms with Crippen LogP contribution in [0.4, 0.5) is 5.69 Å². The van der Waals surface area contributed by atoms with Gasteiger partial charge in [-0.25, -0.2) is 4.68 Å². The lowest BCUT2D eigenvalue weighted by molar-refractivity contribution is 0.616. The van der Waals surface area contributed by atoms with Gasteiger partial charge in [0, 0.05) is 31.4 Å². The van der Waals surface area contributed by atoms with Gasteiger partial charge in [-0.1, -0.05) is 17.7 Å². The molecule has 2 rings (SSSR count). The molecule has 0 bridgehead atoms. The summed E-state index contributed by atoms with van der Waals surface area (Å²) in [6.07, 6.45) is 4.09. The Hall–Kier alpha value is -1.88. The van der Waals surface area contributed by atoms with Crippen molar-refractivity contribution >= 4 is 17.3 Å². The Morgan fingerprint density at radius 1 is 1.42 bits per heavy atom. The molecular weight excluding hydrogens is 264 g/mol. The minimum atomic E-state index is -0.271. The third kappa shape index (κ3) is 3.32. The average molecular weight is 279 g/mol. The van der Waals surface area contributed by atoms with Gasteiger partial charge in [-0.2, -0.15) is 5.10 Å². The van der Waals surface area contributed by atoms with Crippen molar-refractivity contribution < 1.29 is 0 Å². The highest BCUT2D eigenvalue weighted by Gasteiger charge is 2.07. The molecule has 2 aromatic rings. The molecule has 0 radical (unpaired) electrons. The van der Waals surface area contributed by atoms with Crippen LogP contribution in [0.2, 0.25) is 5.02 Å². The third-order valence-electron chi connectivity index (χ3n) is 2.71. The minimum absolute atomic E-state index is 0.179. The van der Waals surface area contributed by atoms with Gasteiger partial charge in [0.1, 0.15) is 5.02 Å². The summed E-state index contributed by atoms with van der Waals surface area (Å²) < 4.78 is 1.33. The number of aromatic nitrogens is 3. The van der Waals surface area contributed by atoms with E-state index in [1.54, 1.807) is 12.4 Å². The molecule has 0 fully saturated rings. The second-order valence-electron chi connectivity index (χ2n) is 3.99. The summed E-state index contributed by atoms with van der Waals surface area (Å²) in [5.74, 6) is 0. The first-order chi connectivity index (χ1) is 9.22. The average Bonchev–Trinajstić information content (AvgIpc) is 2.45. The summed E-state index contributed by atoms with van der Waals surface area (Å²) in [5.41, 5.74) is 1.28. The first kappa shape index (κ1) is 13.5. The SMILES string of the molecule is CCn1ncc(NCCc2ccccn2)c(Cl)c1=O. The van der Waals surface area contributed by atoms with Crippen molar-refractivity contribution in [3.05, 3.63) is 51.7 Å². The topological polar surface area (TPSA) is 59.8 Å². The van der Waals surface area contributed by atoms with Gasteiger partial charge in [-0.05, 0) is 19.1 Å². The van der Waals surface area contributed by atoms with Crippen LogP contribution in [0.25, 0.3) is 0 Å². The lowest BCUT2D eigenvalue weighted by Crippen LogP contribution is -2.23. The first-order valence-corrected chi connectivity index (χ1v) is 6.49. The Morgan fingerprint density at radius 2 is 2.26 bits per heavy atom. The standard InChI is InChI=1S/C13H15ClN4O/c1-2-18-13(19)12(14)11(9-17-18)16-8-6-10-5-3-4-7-15-10/h3-5,7,9,16H,2,6,8H2,1H3. The predicted octanol–water partition coefficient (Wildman–Crippen LogP) is 1.97. The number of anilines is 1. The van der Waals surface area contributed by atoms with Gasteiger partial charge in [0.05, 0.1) is 11.9 Å². The van der Waals surface area contributed by atoms with Gasteiger partial charge < -0.3 is 5.32 Å². The Kier molecular flexibility index (Phi) is 4.52. The van der Waals surface area contributed by atoms with Crippen LogP contribution in [0.15, 0.2) is 35.4 Å². The molecule has 0 aliphatic carbocycles. The summed E-state index contributed by atoms with van der Waals surface area (Å²) in [6.45, 7) is 3.00. The minimum Gasteiger partial charge on any atom is -0.382 e.